The minimum absolute atomic E-state index is 0.292. The van der Waals surface area contributed by atoms with Gasteiger partial charge in [-0.15, -0.1) is 0 Å². The summed E-state index contributed by atoms with van der Waals surface area (Å²) in [5, 5.41) is 5.03. The van der Waals surface area contributed by atoms with E-state index in [0.717, 1.165) is 22.8 Å². The molecule has 2 aliphatic rings. The molecule has 0 radical (unpaired) electrons. The predicted molar refractivity (Wildman–Crippen MR) is 98.3 cm³/mol. The Hall–Kier alpha value is -3.45. The number of carbonyl (C=O) groups excluding carboxylic acids is 1. The van der Waals surface area contributed by atoms with Crippen molar-refractivity contribution in [2.24, 2.45) is 10.7 Å². The van der Waals surface area contributed by atoms with Crippen LogP contribution in [0.5, 0.6) is 0 Å². The van der Waals surface area contributed by atoms with Crippen molar-refractivity contribution < 1.29 is 9.18 Å². The molecule has 0 aliphatic carbocycles. The van der Waals surface area contributed by atoms with E-state index in [4.69, 9.17) is 5.73 Å². The topological polar surface area (TPSA) is 82.8 Å². The van der Waals surface area contributed by atoms with Gasteiger partial charge in [0.25, 0.3) is 0 Å². The number of nitrogens with one attached hydrogen (secondary N) is 2. The average molecular weight is 349 g/mol. The van der Waals surface area contributed by atoms with Gasteiger partial charge in [0.1, 0.15) is 11.7 Å². The molecule has 6 nitrogen and oxygen atoms in total. The largest absolute Gasteiger partial charge is 0.366 e. The van der Waals surface area contributed by atoms with Crippen LogP contribution in [0.4, 0.5) is 10.1 Å². The maximum atomic E-state index is 13.6. The summed E-state index contributed by atoms with van der Waals surface area (Å²) in [6.07, 6.45) is 5.24. The second-order valence-electron chi connectivity index (χ2n) is 5.86. The molecule has 0 fully saturated rings. The molecule has 4 N–H and O–H groups in total. The van der Waals surface area contributed by atoms with Gasteiger partial charge in [-0.2, -0.15) is 5.43 Å². The fourth-order valence-corrected chi connectivity index (χ4v) is 2.84. The highest BCUT2D eigenvalue weighted by atomic mass is 19.1. The van der Waals surface area contributed by atoms with Crippen molar-refractivity contribution >= 4 is 23.1 Å². The highest BCUT2D eigenvalue weighted by Gasteiger charge is 2.28. The number of benzene rings is 2. The van der Waals surface area contributed by atoms with Crippen molar-refractivity contribution in [3.63, 3.8) is 0 Å². The first-order chi connectivity index (χ1) is 12.6. The van der Waals surface area contributed by atoms with Crippen LogP contribution < -0.4 is 16.5 Å². The number of amides is 1. The number of halogens is 1. The van der Waals surface area contributed by atoms with E-state index in [1.165, 1.54) is 12.1 Å². The first-order valence-corrected chi connectivity index (χ1v) is 8.05. The number of nitrogens with zero attached hydrogens (tertiary/aromatic N) is 2. The van der Waals surface area contributed by atoms with E-state index in [9.17, 15) is 9.18 Å². The van der Waals surface area contributed by atoms with Crippen LogP contribution in [0.2, 0.25) is 0 Å². The molecular formula is C19H16FN5O. The summed E-state index contributed by atoms with van der Waals surface area (Å²) in [4.78, 5) is 15.7. The van der Waals surface area contributed by atoms with Gasteiger partial charge in [-0.3, -0.25) is 9.80 Å². The minimum Gasteiger partial charge on any atom is -0.366 e. The third-order valence-electron chi connectivity index (χ3n) is 4.08. The standard InChI is InChI=1S/C19H16FN5O/c20-14-4-1-3-13(11-14)16-5-2-6-17-23-19(24-25(16)17)22-15-9-7-12(8-10-15)18(21)26/h1-11,19,22,24H,(H2,21,26). The molecule has 2 heterocycles. The molecule has 0 aromatic heterocycles. The Balaban J connectivity index is 1.52. The number of hydrazine groups is 1. The molecule has 0 saturated heterocycles. The van der Waals surface area contributed by atoms with Gasteiger partial charge in [0.05, 0.1) is 5.70 Å². The summed E-state index contributed by atoms with van der Waals surface area (Å²) >= 11 is 0. The first kappa shape index (κ1) is 16.0. The molecule has 7 heteroatoms. The third-order valence-corrected chi connectivity index (χ3v) is 4.08. The zero-order valence-electron chi connectivity index (χ0n) is 13.7. The molecule has 1 amide bonds. The number of nitrogens with two attached hydrogens (primary N) is 1. The van der Waals surface area contributed by atoms with Crippen molar-refractivity contribution in [2.45, 2.75) is 6.29 Å². The van der Waals surface area contributed by atoms with Crippen LogP contribution in [-0.2, 0) is 0 Å². The maximum absolute atomic E-state index is 13.6. The Kier molecular flexibility index (Phi) is 3.98. The second kappa shape index (κ2) is 6.45. The highest BCUT2D eigenvalue weighted by Crippen LogP contribution is 2.26. The first-order valence-electron chi connectivity index (χ1n) is 8.05. The van der Waals surface area contributed by atoms with E-state index < -0.39 is 12.2 Å². The molecule has 4 rings (SSSR count). The van der Waals surface area contributed by atoms with E-state index in [1.807, 2.05) is 29.3 Å². The molecule has 130 valence electrons. The highest BCUT2D eigenvalue weighted by molar-refractivity contribution is 6.02. The number of carbonyl (C=O) groups is 1. The lowest BCUT2D eigenvalue weighted by molar-refractivity contribution is 0.100. The molecule has 2 aromatic rings. The average Bonchev–Trinajstić information content (AvgIpc) is 3.04. The van der Waals surface area contributed by atoms with Crippen LogP contribution in [0.3, 0.4) is 0 Å². The summed E-state index contributed by atoms with van der Waals surface area (Å²) < 4.78 is 13.6. The number of anilines is 1. The van der Waals surface area contributed by atoms with Gasteiger partial charge in [0.15, 0.2) is 6.29 Å². The molecule has 1 atom stereocenters. The zero-order chi connectivity index (χ0) is 18.1. The van der Waals surface area contributed by atoms with E-state index in [1.54, 1.807) is 30.3 Å². The number of allylic oxidation sites excluding steroid dienone is 2. The molecule has 26 heavy (non-hydrogen) atoms. The molecule has 2 aromatic carbocycles. The zero-order valence-corrected chi connectivity index (χ0v) is 13.7. The summed E-state index contributed by atoms with van der Waals surface area (Å²) in [5.41, 5.74) is 11.3. The van der Waals surface area contributed by atoms with E-state index in [-0.39, 0.29) is 5.82 Å². The Bertz CT molecular complexity index is 949. The van der Waals surface area contributed by atoms with Crippen LogP contribution in [-0.4, -0.2) is 23.0 Å². The number of hydrogen-bond acceptors (Lipinski definition) is 5. The van der Waals surface area contributed by atoms with Crippen LogP contribution in [0, 0.1) is 5.82 Å². The van der Waals surface area contributed by atoms with Crippen molar-refractivity contribution in [3.8, 4) is 0 Å². The number of primary amides is 1. The number of hydrogen-bond donors (Lipinski definition) is 3. The Morgan fingerprint density at radius 3 is 2.77 bits per heavy atom. The van der Waals surface area contributed by atoms with E-state index >= 15 is 0 Å². The number of fused-ring (bicyclic) bond motifs is 1. The maximum Gasteiger partial charge on any atom is 0.248 e. The third kappa shape index (κ3) is 3.07. The van der Waals surface area contributed by atoms with E-state index in [2.05, 4.69) is 15.7 Å². The summed E-state index contributed by atoms with van der Waals surface area (Å²) in [7, 11) is 0. The summed E-state index contributed by atoms with van der Waals surface area (Å²) in [6, 6.07) is 13.2. The van der Waals surface area contributed by atoms with Crippen LogP contribution in [0.25, 0.3) is 5.70 Å². The number of rotatable bonds is 4. The molecule has 1 unspecified atom stereocenters. The summed E-state index contributed by atoms with van der Waals surface area (Å²) in [6.45, 7) is 0. The van der Waals surface area contributed by atoms with Crippen LogP contribution in [0.1, 0.15) is 15.9 Å². The Labute approximate surface area is 149 Å². The van der Waals surface area contributed by atoms with Crippen molar-refractivity contribution in [1.82, 2.24) is 10.4 Å². The Morgan fingerprint density at radius 1 is 1.23 bits per heavy atom. The smallest absolute Gasteiger partial charge is 0.248 e. The number of aliphatic imine (C=N–C) groups is 1. The van der Waals surface area contributed by atoms with Crippen molar-refractivity contribution in [2.75, 3.05) is 5.32 Å². The van der Waals surface area contributed by atoms with Gasteiger partial charge in [-0.05, 0) is 48.6 Å². The van der Waals surface area contributed by atoms with Crippen LogP contribution in [0.15, 0.2) is 71.8 Å². The van der Waals surface area contributed by atoms with E-state index in [0.29, 0.717) is 5.56 Å². The van der Waals surface area contributed by atoms with Gasteiger partial charge in [-0.1, -0.05) is 18.2 Å². The predicted octanol–water partition coefficient (Wildman–Crippen LogP) is 2.45. The fourth-order valence-electron chi connectivity index (χ4n) is 2.84. The van der Waals surface area contributed by atoms with Gasteiger partial charge < -0.3 is 11.1 Å². The Morgan fingerprint density at radius 2 is 2.04 bits per heavy atom. The van der Waals surface area contributed by atoms with Gasteiger partial charge in [0.2, 0.25) is 5.91 Å². The second-order valence-corrected chi connectivity index (χ2v) is 5.86. The van der Waals surface area contributed by atoms with Gasteiger partial charge in [-0.25, -0.2) is 9.38 Å². The molecule has 0 spiro atoms. The fraction of sp³-hybridized carbons (Fsp3) is 0.0526. The SMILES string of the molecule is NC(=O)c1ccc(NC2N=C3C=CC=C(c4cccc(F)c4)N3N2)cc1. The monoisotopic (exact) mass is 349 g/mol. The lowest BCUT2D eigenvalue weighted by Crippen LogP contribution is -2.42. The number of amidine groups is 1. The van der Waals surface area contributed by atoms with Crippen molar-refractivity contribution in [1.29, 1.82) is 0 Å². The molecule has 0 bridgehead atoms. The van der Waals surface area contributed by atoms with Crippen LogP contribution >= 0.6 is 0 Å². The normalized spacial score (nSPS) is 18.2. The molecule has 2 aliphatic heterocycles. The quantitative estimate of drug-likeness (QED) is 0.792. The van der Waals surface area contributed by atoms with Crippen molar-refractivity contribution in [3.05, 3.63) is 83.7 Å². The van der Waals surface area contributed by atoms with Gasteiger partial charge >= 0.3 is 0 Å². The lowest BCUT2D eigenvalue weighted by atomic mass is 10.1. The molecule has 0 saturated carbocycles. The summed E-state index contributed by atoms with van der Waals surface area (Å²) in [5.74, 6) is -0.0409. The molecular weight excluding hydrogens is 333 g/mol. The van der Waals surface area contributed by atoms with Gasteiger partial charge in [0, 0.05) is 16.8 Å². The lowest BCUT2D eigenvalue weighted by Gasteiger charge is -2.25. The minimum atomic E-state index is -0.470.